The largest absolute Gasteiger partial charge is 0.354 e. The number of halogens is 1. The van der Waals surface area contributed by atoms with E-state index in [1.807, 2.05) is 30.3 Å². The molecule has 0 spiro atoms. The Bertz CT molecular complexity index is 396. The average Bonchev–Trinajstić information content (AvgIpc) is 2.37. The number of nitrogens with two attached hydrogens (primary N) is 1. The smallest absolute Gasteiger partial charge is 0.239 e. The minimum absolute atomic E-state index is 0. The SMILES string of the molecule is C[C@@H](N)C(=O)NCC(=O)NCCc1ccccc1.Cl. The Morgan fingerprint density at radius 2 is 1.84 bits per heavy atom. The minimum Gasteiger partial charge on any atom is -0.354 e. The number of carbonyl (C=O) groups excluding carboxylic acids is 2. The molecule has 6 heteroatoms. The van der Waals surface area contributed by atoms with Crippen LogP contribution in [0.5, 0.6) is 0 Å². The first-order valence-corrected chi connectivity index (χ1v) is 5.93. The number of hydrogen-bond acceptors (Lipinski definition) is 3. The van der Waals surface area contributed by atoms with Crippen LogP contribution in [0.1, 0.15) is 12.5 Å². The van der Waals surface area contributed by atoms with Crippen molar-refractivity contribution in [3.8, 4) is 0 Å². The molecule has 0 fully saturated rings. The second kappa shape index (κ2) is 9.35. The van der Waals surface area contributed by atoms with Crippen LogP contribution in [0, 0.1) is 0 Å². The van der Waals surface area contributed by atoms with Crippen LogP contribution in [-0.2, 0) is 16.0 Å². The molecule has 1 aromatic carbocycles. The topological polar surface area (TPSA) is 84.2 Å². The molecule has 0 aliphatic heterocycles. The van der Waals surface area contributed by atoms with Crippen LogP contribution >= 0.6 is 12.4 Å². The molecule has 4 N–H and O–H groups in total. The van der Waals surface area contributed by atoms with E-state index in [2.05, 4.69) is 10.6 Å². The highest BCUT2D eigenvalue weighted by molar-refractivity contribution is 5.87. The molecule has 5 nitrogen and oxygen atoms in total. The maximum atomic E-state index is 11.4. The van der Waals surface area contributed by atoms with Gasteiger partial charge in [0.1, 0.15) is 0 Å². The van der Waals surface area contributed by atoms with Crippen molar-refractivity contribution in [3.05, 3.63) is 35.9 Å². The van der Waals surface area contributed by atoms with Crippen molar-refractivity contribution in [3.63, 3.8) is 0 Å². The first-order valence-electron chi connectivity index (χ1n) is 5.93. The predicted octanol–water partition coefficient (Wildman–Crippen LogP) is 0.231. The first-order chi connectivity index (χ1) is 8.59. The van der Waals surface area contributed by atoms with E-state index in [1.165, 1.54) is 0 Å². The second-order valence-electron chi connectivity index (χ2n) is 4.09. The highest BCUT2D eigenvalue weighted by Crippen LogP contribution is 1.97. The molecule has 0 saturated heterocycles. The molecule has 0 bridgehead atoms. The Kier molecular flexibility index (Phi) is 8.57. The van der Waals surface area contributed by atoms with E-state index < -0.39 is 6.04 Å². The fourth-order valence-corrected chi connectivity index (χ4v) is 1.38. The van der Waals surface area contributed by atoms with Gasteiger partial charge >= 0.3 is 0 Å². The Morgan fingerprint density at radius 3 is 2.42 bits per heavy atom. The third-order valence-electron chi connectivity index (χ3n) is 2.42. The Balaban J connectivity index is 0.00000324. The number of nitrogens with one attached hydrogen (secondary N) is 2. The summed E-state index contributed by atoms with van der Waals surface area (Å²) in [6.45, 7) is 2.09. The van der Waals surface area contributed by atoms with Crippen molar-refractivity contribution in [2.24, 2.45) is 5.73 Å². The van der Waals surface area contributed by atoms with Crippen molar-refractivity contribution in [2.75, 3.05) is 13.1 Å². The van der Waals surface area contributed by atoms with Crippen molar-refractivity contribution in [1.82, 2.24) is 10.6 Å². The average molecular weight is 286 g/mol. The lowest BCUT2D eigenvalue weighted by molar-refractivity contribution is -0.126. The van der Waals surface area contributed by atoms with Gasteiger partial charge in [-0.1, -0.05) is 30.3 Å². The van der Waals surface area contributed by atoms with E-state index in [0.29, 0.717) is 6.54 Å². The highest BCUT2D eigenvalue weighted by Gasteiger charge is 2.08. The third-order valence-corrected chi connectivity index (χ3v) is 2.42. The molecule has 1 rings (SSSR count). The Morgan fingerprint density at radius 1 is 1.21 bits per heavy atom. The van der Waals surface area contributed by atoms with Gasteiger partial charge in [0.05, 0.1) is 12.6 Å². The zero-order valence-electron chi connectivity index (χ0n) is 10.9. The van der Waals surface area contributed by atoms with E-state index in [-0.39, 0.29) is 30.8 Å². The van der Waals surface area contributed by atoms with Gasteiger partial charge in [-0.3, -0.25) is 9.59 Å². The van der Waals surface area contributed by atoms with E-state index in [4.69, 9.17) is 5.73 Å². The first kappa shape index (κ1) is 17.4. The molecule has 106 valence electrons. The van der Waals surface area contributed by atoms with Crippen LogP contribution < -0.4 is 16.4 Å². The van der Waals surface area contributed by atoms with Crippen molar-refractivity contribution in [2.45, 2.75) is 19.4 Å². The molecule has 0 unspecified atom stereocenters. The number of amides is 2. The summed E-state index contributed by atoms with van der Waals surface area (Å²) in [7, 11) is 0. The molecular formula is C13H20ClN3O2. The summed E-state index contributed by atoms with van der Waals surface area (Å²) in [4.78, 5) is 22.5. The summed E-state index contributed by atoms with van der Waals surface area (Å²) >= 11 is 0. The lowest BCUT2D eigenvalue weighted by atomic mass is 10.1. The van der Waals surface area contributed by atoms with Crippen LogP contribution in [-0.4, -0.2) is 30.9 Å². The Labute approximate surface area is 119 Å². The summed E-state index contributed by atoms with van der Waals surface area (Å²) in [6.07, 6.45) is 0.772. The Hall–Kier alpha value is -1.59. The molecule has 0 heterocycles. The predicted molar refractivity (Wildman–Crippen MR) is 77.1 cm³/mol. The van der Waals surface area contributed by atoms with Crippen LogP contribution in [0.25, 0.3) is 0 Å². The fraction of sp³-hybridized carbons (Fsp3) is 0.385. The van der Waals surface area contributed by atoms with Crippen molar-refractivity contribution in [1.29, 1.82) is 0 Å². The molecule has 0 aromatic heterocycles. The van der Waals surface area contributed by atoms with E-state index >= 15 is 0 Å². The molecule has 1 aromatic rings. The number of rotatable bonds is 6. The minimum atomic E-state index is -0.595. The van der Waals surface area contributed by atoms with Crippen LogP contribution in [0.2, 0.25) is 0 Å². The number of carbonyl (C=O) groups is 2. The van der Waals surface area contributed by atoms with Gasteiger partial charge in [-0.15, -0.1) is 12.4 Å². The summed E-state index contributed by atoms with van der Waals surface area (Å²) in [5, 5.41) is 5.19. The van der Waals surface area contributed by atoms with Gasteiger partial charge in [-0.05, 0) is 18.9 Å². The van der Waals surface area contributed by atoms with Gasteiger partial charge in [-0.25, -0.2) is 0 Å². The highest BCUT2D eigenvalue weighted by atomic mass is 35.5. The molecule has 0 radical (unpaired) electrons. The number of hydrogen-bond donors (Lipinski definition) is 3. The summed E-state index contributed by atoms with van der Waals surface area (Å²) in [6, 6.07) is 9.28. The zero-order valence-corrected chi connectivity index (χ0v) is 11.7. The van der Waals surface area contributed by atoms with Crippen molar-refractivity contribution < 1.29 is 9.59 Å². The van der Waals surface area contributed by atoms with Crippen LogP contribution in [0.15, 0.2) is 30.3 Å². The maximum absolute atomic E-state index is 11.4. The lowest BCUT2D eigenvalue weighted by Gasteiger charge is -2.08. The van der Waals surface area contributed by atoms with Gasteiger partial charge in [-0.2, -0.15) is 0 Å². The van der Waals surface area contributed by atoms with Crippen molar-refractivity contribution >= 4 is 24.2 Å². The third kappa shape index (κ3) is 7.43. The molecular weight excluding hydrogens is 266 g/mol. The van der Waals surface area contributed by atoms with E-state index in [1.54, 1.807) is 6.92 Å². The second-order valence-corrected chi connectivity index (χ2v) is 4.09. The van der Waals surface area contributed by atoms with Crippen LogP contribution in [0.4, 0.5) is 0 Å². The van der Waals surface area contributed by atoms with Gasteiger partial charge in [0.2, 0.25) is 11.8 Å². The van der Waals surface area contributed by atoms with Gasteiger partial charge in [0, 0.05) is 6.54 Å². The van der Waals surface area contributed by atoms with Gasteiger partial charge < -0.3 is 16.4 Å². The molecule has 19 heavy (non-hydrogen) atoms. The lowest BCUT2D eigenvalue weighted by Crippen LogP contribution is -2.43. The monoisotopic (exact) mass is 285 g/mol. The van der Waals surface area contributed by atoms with Gasteiger partial charge in [0.25, 0.3) is 0 Å². The van der Waals surface area contributed by atoms with E-state index in [9.17, 15) is 9.59 Å². The summed E-state index contributed by atoms with van der Waals surface area (Å²) in [5.74, 6) is -0.534. The molecule has 0 saturated carbocycles. The van der Waals surface area contributed by atoms with E-state index in [0.717, 1.165) is 12.0 Å². The molecule has 1 atom stereocenters. The normalized spacial score (nSPS) is 11.1. The zero-order chi connectivity index (χ0) is 13.4. The summed E-state index contributed by atoms with van der Waals surface area (Å²) < 4.78 is 0. The fourth-order valence-electron chi connectivity index (χ4n) is 1.38. The van der Waals surface area contributed by atoms with Crippen LogP contribution in [0.3, 0.4) is 0 Å². The molecule has 2 amide bonds. The maximum Gasteiger partial charge on any atom is 0.239 e. The number of benzene rings is 1. The standard InChI is InChI=1S/C13H19N3O2.ClH/c1-10(14)13(18)16-9-12(17)15-8-7-11-5-3-2-4-6-11;/h2-6,10H,7-9,14H2,1H3,(H,15,17)(H,16,18);1H/t10-;/m1./s1. The molecule has 0 aliphatic carbocycles. The summed E-state index contributed by atoms with van der Waals surface area (Å²) in [5.41, 5.74) is 6.52. The quantitative estimate of drug-likeness (QED) is 0.700. The molecule has 0 aliphatic rings. The van der Waals surface area contributed by atoms with Gasteiger partial charge in [0.15, 0.2) is 0 Å².